The van der Waals surface area contributed by atoms with E-state index in [2.05, 4.69) is 19.1 Å². The lowest BCUT2D eigenvalue weighted by Gasteiger charge is -2.09. The fourth-order valence-corrected chi connectivity index (χ4v) is 2.65. The molecule has 2 aromatic rings. The van der Waals surface area contributed by atoms with Crippen molar-refractivity contribution < 1.29 is 4.74 Å². The van der Waals surface area contributed by atoms with Gasteiger partial charge in [0.25, 0.3) is 0 Å². The highest BCUT2D eigenvalue weighted by Gasteiger charge is 2.04. The van der Waals surface area contributed by atoms with Crippen LogP contribution in [0.15, 0.2) is 52.3 Å². The summed E-state index contributed by atoms with van der Waals surface area (Å²) in [5.41, 5.74) is 7.71. The normalized spacial score (nSPS) is 10.3. The number of nitrogen functional groups attached to an aromatic ring is 1. The lowest BCUT2D eigenvalue weighted by Crippen LogP contribution is -1.90. The van der Waals surface area contributed by atoms with Crippen LogP contribution in [0.3, 0.4) is 0 Å². The third-order valence-electron chi connectivity index (χ3n) is 2.75. The number of nitrogens with two attached hydrogens (primary N) is 1. The van der Waals surface area contributed by atoms with Gasteiger partial charge in [0.15, 0.2) is 0 Å². The molecule has 0 heterocycles. The maximum atomic E-state index is 5.68. The van der Waals surface area contributed by atoms with Crippen molar-refractivity contribution in [3.63, 3.8) is 0 Å². The van der Waals surface area contributed by atoms with Gasteiger partial charge in [-0.2, -0.15) is 0 Å². The van der Waals surface area contributed by atoms with Crippen molar-refractivity contribution in [1.82, 2.24) is 0 Å². The van der Waals surface area contributed by atoms with Gasteiger partial charge in [0.1, 0.15) is 5.75 Å². The lowest BCUT2D eigenvalue weighted by molar-refractivity contribution is 0.409. The van der Waals surface area contributed by atoms with Crippen LogP contribution in [0, 0.1) is 0 Å². The predicted molar refractivity (Wildman–Crippen MR) is 77.3 cm³/mol. The van der Waals surface area contributed by atoms with E-state index in [-0.39, 0.29) is 0 Å². The summed E-state index contributed by atoms with van der Waals surface area (Å²) < 4.78 is 5.33. The fraction of sp³-hybridized carbons (Fsp3) is 0.200. The number of rotatable bonds is 4. The maximum Gasteiger partial charge on any atom is 0.122 e. The first-order valence-electron chi connectivity index (χ1n) is 5.93. The van der Waals surface area contributed by atoms with Gasteiger partial charge in [0.2, 0.25) is 0 Å². The van der Waals surface area contributed by atoms with E-state index < -0.39 is 0 Å². The molecule has 0 saturated heterocycles. The number of anilines is 1. The first-order chi connectivity index (χ1) is 8.72. The van der Waals surface area contributed by atoms with Gasteiger partial charge in [-0.15, -0.1) is 0 Å². The third-order valence-corrected chi connectivity index (χ3v) is 3.75. The van der Waals surface area contributed by atoms with Crippen LogP contribution in [0.4, 0.5) is 5.69 Å². The zero-order valence-corrected chi connectivity index (χ0v) is 11.5. The summed E-state index contributed by atoms with van der Waals surface area (Å²) in [4.78, 5) is 2.41. The molecule has 18 heavy (non-hydrogen) atoms. The first-order valence-corrected chi connectivity index (χ1v) is 6.75. The zero-order chi connectivity index (χ0) is 13.0. The van der Waals surface area contributed by atoms with E-state index in [9.17, 15) is 0 Å². The van der Waals surface area contributed by atoms with Crippen molar-refractivity contribution >= 4 is 17.4 Å². The van der Waals surface area contributed by atoms with Gasteiger partial charge in [-0.3, -0.25) is 0 Å². The maximum absolute atomic E-state index is 5.68. The number of ether oxygens (including phenoxy) is 1. The second kappa shape index (κ2) is 5.83. The van der Waals surface area contributed by atoms with E-state index in [0.717, 1.165) is 17.9 Å². The Morgan fingerprint density at radius 3 is 2.33 bits per heavy atom. The quantitative estimate of drug-likeness (QED) is 0.843. The summed E-state index contributed by atoms with van der Waals surface area (Å²) in [6.45, 7) is 2.13. The minimum absolute atomic E-state index is 0.795. The van der Waals surface area contributed by atoms with E-state index in [4.69, 9.17) is 10.5 Å². The van der Waals surface area contributed by atoms with Gasteiger partial charge in [-0.1, -0.05) is 18.7 Å². The highest BCUT2D eigenvalue weighted by atomic mass is 32.2. The minimum atomic E-state index is 0.795. The average molecular weight is 259 g/mol. The molecule has 2 rings (SSSR count). The van der Waals surface area contributed by atoms with Crippen molar-refractivity contribution in [1.29, 1.82) is 0 Å². The molecule has 2 aromatic carbocycles. The molecule has 2 N–H and O–H groups in total. The van der Waals surface area contributed by atoms with Crippen molar-refractivity contribution in [2.24, 2.45) is 0 Å². The number of benzene rings is 2. The van der Waals surface area contributed by atoms with Gasteiger partial charge in [0, 0.05) is 15.5 Å². The topological polar surface area (TPSA) is 35.2 Å². The second-order valence-corrected chi connectivity index (χ2v) is 5.15. The Hall–Kier alpha value is -1.61. The number of hydrogen-bond acceptors (Lipinski definition) is 3. The lowest BCUT2D eigenvalue weighted by atomic mass is 10.1. The highest BCUT2D eigenvalue weighted by molar-refractivity contribution is 7.99. The molecule has 0 aromatic heterocycles. The molecule has 0 atom stereocenters. The van der Waals surface area contributed by atoms with Gasteiger partial charge >= 0.3 is 0 Å². The summed E-state index contributed by atoms with van der Waals surface area (Å²) in [5, 5.41) is 0. The van der Waals surface area contributed by atoms with Gasteiger partial charge in [-0.25, -0.2) is 0 Å². The third kappa shape index (κ3) is 2.99. The standard InChI is InChI=1S/C15H17NOS/c1-3-11-10-14(8-9-15(11)17-2)18-13-6-4-12(16)5-7-13/h4-10H,3,16H2,1-2H3. The summed E-state index contributed by atoms with van der Waals surface area (Å²) >= 11 is 1.73. The summed E-state index contributed by atoms with van der Waals surface area (Å²) in [5.74, 6) is 0.958. The predicted octanol–water partition coefficient (Wildman–Crippen LogP) is 3.99. The monoisotopic (exact) mass is 259 g/mol. The Bertz CT molecular complexity index is 523. The molecule has 0 spiro atoms. The Labute approximate surface area is 112 Å². The van der Waals surface area contributed by atoms with Crippen LogP contribution in [0.25, 0.3) is 0 Å². The van der Waals surface area contributed by atoms with E-state index in [1.54, 1.807) is 18.9 Å². The highest BCUT2D eigenvalue weighted by Crippen LogP contribution is 2.31. The van der Waals surface area contributed by atoms with Gasteiger partial charge in [-0.05, 0) is 54.4 Å². The Balaban J connectivity index is 2.21. The van der Waals surface area contributed by atoms with Crippen LogP contribution in [0.1, 0.15) is 12.5 Å². The minimum Gasteiger partial charge on any atom is -0.496 e. The molecule has 94 valence electrons. The van der Waals surface area contributed by atoms with E-state index >= 15 is 0 Å². The zero-order valence-electron chi connectivity index (χ0n) is 10.6. The first kappa shape index (κ1) is 12.8. The molecular weight excluding hydrogens is 242 g/mol. The molecule has 0 unspecified atom stereocenters. The van der Waals surface area contributed by atoms with Crippen LogP contribution in [-0.2, 0) is 6.42 Å². The smallest absolute Gasteiger partial charge is 0.122 e. The van der Waals surface area contributed by atoms with Crippen molar-refractivity contribution in [3.8, 4) is 5.75 Å². The van der Waals surface area contributed by atoms with Gasteiger partial charge in [0.05, 0.1) is 7.11 Å². The SMILES string of the molecule is CCc1cc(Sc2ccc(N)cc2)ccc1OC. The van der Waals surface area contributed by atoms with E-state index in [0.29, 0.717) is 0 Å². The second-order valence-electron chi connectivity index (χ2n) is 4.00. The van der Waals surface area contributed by atoms with Crippen LogP contribution < -0.4 is 10.5 Å². The van der Waals surface area contributed by atoms with E-state index in [1.165, 1.54) is 15.4 Å². The van der Waals surface area contributed by atoms with E-state index in [1.807, 2.05) is 30.3 Å². The van der Waals surface area contributed by atoms with Crippen LogP contribution >= 0.6 is 11.8 Å². The Kier molecular flexibility index (Phi) is 4.15. The Morgan fingerprint density at radius 1 is 1.06 bits per heavy atom. The molecule has 0 aliphatic rings. The molecule has 0 fully saturated rings. The molecule has 0 radical (unpaired) electrons. The molecule has 0 amide bonds. The summed E-state index contributed by atoms with van der Waals surface area (Å²) in [7, 11) is 1.71. The molecule has 0 aliphatic carbocycles. The van der Waals surface area contributed by atoms with Crippen molar-refractivity contribution in [2.75, 3.05) is 12.8 Å². The van der Waals surface area contributed by atoms with Crippen LogP contribution in [-0.4, -0.2) is 7.11 Å². The van der Waals surface area contributed by atoms with Crippen LogP contribution in [0.5, 0.6) is 5.75 Å². The molecule has 0 aliphatic heterocycles. The number of hydrogen-bond donors (Lipinski definition) is 1. The summed E-state index contributed by atoms with van der Waals surface area (Å²) in [6, 6.07) is 14.2. The molecule has 0 bridgehead atoms. The number of methoxy groups -OCH3 is 1. The summed E-state index contributed by atoms with van der Waals surface area (Å²) in [6.07, 6.45) is 0.972. The number of aryl methyl sites for hydroxylation is 1. The molecule has 0 saturated carbocycles. The average Bonchev–Trinajstić information content (AvgIpc) is 2.41. The van der Waals surface area contributed by atoms with Crippen molar-refractivity contribution in [2.45, 2.75) is 23.1 Å². The molecular formula is C15H17NOS. The largest absolute Gasteiger partial charge is 0.496 e. The Morgan fingerprint density at radius 2 is 1.72 bits per heavy atom. The fourth-order valence-electron chi connectivity index (χ4n) is 1.77. The molecule has 3 heteroatoms. The van der Waals surface area contributed by atoms with Crippen molar-refractivity contribution in [3.05, 3.63) is 48.0 Å². The molecule has 2 nitrogen and oxygen atoms in total. The van der Waals surface area contributed by atoms with Crippen LogP contribution in [0.2, 0.25) is 0 Å². The van der Waals surface area contributed by atoms with Gasteiger partial charge < -0.3 is 10.5 Å².